The van der Waals surface area contributed by atoms with Crippen molar-refractivity contribution >= 4 is 17.7 Å². The molecule has 1 aromatic rings. The minimum atomic E-state index is -0.0821. The van der Waals surface area contributed by atoms with Crippen molar-refractivity contribution in [3.05, 3.63) is 23.7 Å². The van der Waals surface area contributed by atoms with E-state index in [-0.39, 0.29) is 5.91 Å². The number of nitrogens with zero attached hydrogens (tertiary/aromatic N) is 1. The fraction of sp³-hybridized carbons (Fsp3) is 0.688. The van der Waals surface area contributed by atoms with Gasteiger partial charge >= 0.3 is 0 Å². The fourth-order valence-corrected chi connectivity index (χ4v) is 4.29. The Bertz CT molecular complexity index is 490. The summed E-state index contributed by atoms with van der Waals surface area (Å²) in [5, 5.41) is 3.02. The van der Waals surface area contributed by atoms with Crippen molar-refractivity contribution in [2.24, 2.45) is 0 Å². The van der Waals surface area contributed by atoms with Gasteiger partial charge in [0.25, 0.3) is 5.91 Å². The summed E-state index contributed by atoms with van der Waals surface area (Å²) >= 11 is 1.69. The number of carbonyl (C=O) groups excluding carboxylic acids is 1. The summed E-state index contributed by atoms with van der Waals surface area (Å²) in [6, 6.07) is 3.66. The highest BCUT2D eigenvalue weighted by Crippen LogP contribution is 2.40. The first kappa shape index (κ1) is 15.0. The van der Waals surface area contributed by atoms with Crippen LogP contribution in [0.15, 0.2) is 16.5 Å². The summed E-state index contributed by atoms with van der Waals surface area (Å²) in [7, 11) is 0. The Kier molecular flexibility index (Phi) is 4.60. The molecule has 1 amide bonds. The van der Waals surface area contributed by atoms with Gasteiger partial charge in [-0.25, -0.2) is 0 Å². The topological polar surface area (TPSA) is 45.5 Å². The second-order valence-electron chi connectivity index (χ2n) is 6.12. The summed E-state index contributed by atoms with van der Waals surface area (Å²) in [4.78, 5) is 14.7. The molecular weight excluding hydrogens is 284 g/mol. The first-order chi connectivity index (χ1) is 10.2. The molecule has 0 atom stereocenters. The van der Waals surface area contributed by atoms with E-state index in [0.717, 1.165) is 24.5 Å². The molecule has 0 saturated carbocycles. The summed E-state index contributed by atoms with van der Waals surface area (Å²) in [5.41, 5.74) is 0.375. The lowest BCUT2D eigenvalue weighted by Crippen LogP contribution is -2.41. The Balaban J connectivity index is 1.49. The van der Waals surface area contributed by atoms with Crippen LogP contribution < -0.4 is 5.32 Å². The van der Waals surface area contributed by atoms with Gasteiger partial charge in [-0.15, -0.1) is 0 Å². The van der Waals surface area contributed by atoms with Crippen LogP contribution in [-0.2, 0) is 5.75 Å². The minimum absolute atomic E-state index is 0.0821. The van der Waals surface area contributed by atoms with Crippen LogP contribution in [0.4, 0.5) is 0 Å². The molecule has 5 heteroatoms. The lowest BCUT2D eigenvalue weighted by atomic mass is 9.90. The number of hydrogen-bond acceptors (Lipinski definition) is 4. The average molecular weight is 308 g/mol. The van der Waals surface area contributed by atoms with E-state index in [1.807, 2.05) is 12.3 Å². The van der Waals surface area contributed by atoms with Crippen LogP contribution in [0.25, 0.3) is 0 Å². The van der Waals surface area contributed by atoms with Crippen LogP contribution in [0.3, 0.4) is 0 Å². The van der Waals surface area contributed by atoms with Gasteiger partial charge in [0.05, 0.1) is 5.75 Å². The highest BCUT2D eigenvalue weighted by Gasteiger charge is 2.43. The van der Waals surface area contributed by atoms with Gasteiger partial charge in [0, 0.05) is 12.1 Å². The normalized spacial score (nSPS) is 20.6. The third-order valence-electron chi connectivity index (χ3n) is 4.86. The largest absolute Gasteiger partial charge is 0.455 e. The van der Waals surface area contributed by atoms with E-state index in [0.29, 0.717) is 11.3 Å². The van der Waals surface area contributed by atoms with E-state index in [1.165, 1.54) is 38.8 Å². The molecule has 0 bridgehead atoms. The zero-order valence-corrected chi connectivity index (χ0v) is 13.5. The number of carbonyl (C=O) groups is 1. The van der Waals surface area contributed by atoms with E-state index in [2.05, 4.69) is 10.2 Å². The van der Waals surface area contributed by atoms with Crippen molar-refractivity contribution in [3.63, 3.8) is 0 Å². The van der Waals surface area contributed by atoms with Gasteiger partial charge < -0.3 is 9.73 Å². The molecular formula is C16H24N2O2S. The predicted octanol–water partition coefficient (Wildman–Crippen LogP) is 2.89. The molecule has 116 valence electrons. The van der Waals surface area contributed by atoms with Crippen LogP contribution >= 0.6 is 11.8 Å². The van der Waals surface area contributed by atoms with Gasteiger partial charge in [-0.3, -0.25) is 9.69 Å². The van der Waals surface area contributed by atoms with E-state index in [1.54, 1.807) is 17.8 Å². The number of hydrogen-bond donors (Lipinski definition) is 1. The third-order valence-corrected chi connectivity index (χ3v) is 5.43. The molecule has 0 spiro atoms. The second kappa shape index (κ2) is 6.44. The number of nitrogens with one attached hydrogen (secondary N) is 1. The number of amides is 1. The third kappa shape index (κ3) is 3.14. The molecule has 2 fully saturated rings. The van der Waals surface area contributed by atoms with Gasteiger partial charge in [-0.2, -0.15) is 11.8 Å². The van der Waals surface area contributed by atoms with Crippen molar-refractivity contribution in [2.45, 2.75) is 43.4 Å². The lowest BCUT2D eigenvalue weighted by Gasteiger charge is -2.32. The number of rotatable bonds is 6. The summed E-state index contributed by atoms with van der Waals surface area (Å²) in [6.45, 7) is 3.22. The average Bonchev–Trinajstić information content (AvgIpc) is 3.13. The maximum absolute atomic E-state index is 12.1. The number of furan rings is 1. The van der Waals surface area contributed by atoms with Crippen molar-refractivity contribution in [1.82, 2.24) is 10.2 Å². The molecule has 2 saturated heterocycles. The van der Waals surface area contributed by atoms with E-state index >= 15 is 0 Å². The number of fused-ring (bicyclic) bond motifs is 1. The summed E-state index contributed by atoms with van der Waals surface area (Å²) in [5.74, 6) is 2.03. The second-order valence-corrected chi connectivity index (χ2v) is 6.99. The van der Waals surface area contributed by atoms with Gasteiger partial charge in [-0.05, 0) is 63.6 Å². The van der Waals surface area contributed by atoms with E-state index in [9.17, 15) is 4.79 Å². The predicted molar refractivity (Wildman–Crippen MR) is 85.6 cm³/mol. The maximum atomic E-state index is 12.1. The van der Waals surface area contributed by atoms with E-state index < -0.39 is 0 Å². The molecule has 4 nitrogen and oxygen atoms in total. The molecule has 1 aromatic heterocycles. The maximum Gasteiger partial charge on any atom is 0.286 e. The monoisotopic (exact) mass is 308 g/mol. The molecule has 0 unspecified atom stereocenters. The van der Waals surface area contributed by atoms with Crippen molar-refractivity contribution in [1.29, 1.82) is 0 Å². The standard InChI is InChI=1S/C16H24N2O2S/c1-21-12-13-4-5-14(20-13)15(19)17-9-8-16-6-2-10-18(16)11-3-7-16/h4-5H,2-3,6-12H2,1H3,(H,17,19). The molecule has 3 rings (SSSR count). The number of thioether (sulfide) groups is 1. The molecule has 1 N–H and O–H groups in total. The van der Waals surface area contributed by atoms with Gasteiger partial charge in [-0.1, -0.05) is 0 Å². The SMILES string of the molecule is CSCc1ccc(C(=O)NCCC23CCCN2CCC3)o1. The van der Waals surface area contributed by atoms with Gasteiger partial charge in [0.2, 0.25) is 0 Å². The Hall–Kier alpha value is -0.940. The Morgan fingerprint density at radius 1 is 1.38 bits per heavy atom. The zero-order valence-electron chi connectivity index (χ0n) is 12.7. The molecule has 2 aliphatic heterocycles. The Morgan fingerprint density at radius 3 is 2.86 bits per heavy atom. The lowest BCUT2D eigenvalue weighted by molar-refractivity contribution is 0.0914. The zero-order chi connectivity index (χ0) is 14.7. The van der Waals surface area contributed by atoms with Gasteiger partial charge in [0.1, 0.15) is 5.76 Å². The van der Waals surface area contributed by atoms with Crippen LogP contribution in [0, 0.1) is 0 Å². The smallest absolute Gasteiger partial charge is 0.286 e. The Labute approximate surface area is 130 Å². The highest BCUT2D eigenvalue weighted by atomic mass is 32.2. The van der Waals surface area contributed by atoms with Crippen molar-refractivity contribution in [2.75, 3.05) is 25.9 Å². The quantitative estimate of drug-likeness (QED) is 0.878. The minimum Gasteiger partial charge on any atom is -0.455 e. The molecule has 0 aromatic carbocycles. The Morgan fingerprint density at radius 2 is 2.14 bits per heavy atom. The fourth-order valence-electron chi connectivity index (χ4n) is 3.85. The molecule has 21 heavy (non-hydrogen) atoms. The molecule has 0 aliphatic carbocycles. The highest BCUT2D eigenvalue weighted by molar-refractivity contribution is 7.97. The van der Waals surface area contributed by atoms with Crippen LogP contribution in [0.2, 0.25) is 0 Å². The van der Waals surface area contributed by atoms with Crippen LogP contribution in [0.1, 0.15) is 48.4 Å². The molecule has 0 radical (unpaired) electrons. The van der Waals surface area contributed by atoms with Crippen molar-refractivity contribution < 1.29 is 9.21 Å². The summed E-state index contributed by atoms with van der Waals surface area (Å²) < 4.78 is 5.55. The first-order valence-electron chi connectivity index (χ1n) is 7.84. The van der Waals surface area contributed by atoms with Gasteiger partial charge in [0.15, 0.2) is 5.76 Å². The first-order valence-corrected chi connectivity index (χ1v) is 9.24. The van der Waals surface area contributed by atoms with Crippen molar-refractivity contribution in [3.8, 4) is 0 Å². The summed E-state index contributed by atoms with van der Waals surface area (Å²) in [6.07, 6.45) is 8.30. The van der Waals surface area contributed by atoms with E-state index in [4.69, 9.17) is 4.42 Å². The van der Waals surface area contributed by atoms with Crippen LogP contribution in [0.5, 0.6) is 0 Å². The molecule has 3 heterocycles. The van der Waals surface area contributed by atoms with Crippen LogP contribution in [-0.4, -0.2) is 42.2 Å². The molecule has 2 aliphatic rings.